The van der Waals surface area contributed by atoms with Crippen molar-refractivity contribution in [3.63, 3.8) is 0 Å². The second-order valence-electron chi connectivity index (χ2n) is 6.97. The van der Waals surface area contributed by atoms with E-state index in [0.717, 1.165) is 13.0 Å². The molecule has 0 amide bonds. The predicted octanol–water partition coefficient (Wildman–Crippen LogP) is -1.60. The molecule has 0 aliphatic carbocycles. The maximum absolute atomic E-state index is 12.0. The molecule has 1 aliphatic rings. The number of carbonyl (C=O) groups is 2. The predicted molar refractivity (Wildman–Crippen MR) is 105 cm³/mol. The van der Waals surface area contributed by atoms with Gasteiger partial charge in [0.2, 0.25) is 0 Å². The zero-order chi connectivity index (χ0) is 23.8. The van der Waals surface area contributed by atoms with Crippen LogP contribution in [0, 0.1) is 0 Å². The molecule has 2 rings (SSSR count). The summed E-state index contributed by atoms with van der Waals surface area (Å²) in [5.74, 6) is -2.15. The Balaban J connectivity index is 1.98. The number of benzene rings is 1. The van der Waals surface area contributed by atoms with Crippen LogP contribution >= 0.6 is 0 Å². The number of esters is 2. The van der Waals surface area contributed by atoms with E-state index in [-0.39, 0.29) is 18.1 Å². The van der Waals surface area contributed by atoms with Crippen LogP contribution in [0.25, 0.3) is 6.08 Å². The molecule has 1 fully saturated rings. The lowest BCUT2D eigenvalue weighted by atomic mass is 9.99. The van der Waals surface area contributed by atoms with Crippen molar-refractivity contribution in [2.45, 2.75) is 43.7 Å². The zero-order valence-corrected chi connectivity index (χ0v) is 17.1. The topological polar surface area (TPSA) is 192 Å². The van der Waals surface area contributed by atoms with Gasteiger partial charge in [0.05, 0.1) is 6.61 Å². The summed E-state index contributed by atoms with van der Waals surface area (Å²) in [6.45, 7) is -0.335. The molecule has 6 N–H and O–H groups in total. The van der Waals surface area contributed by atoms with Gasteiger partial charge in [-0.15, -0.1) is 0 Å². The van der Waals surface area contributed by atoms with Gasteiger partial charge in [-0.25, -0.2) is 4.79 Å². The molecule has 1 saturated heterocycles. The van der Waals surface area contributed by atoms with Gasteiger partial charge in [0, 0.05) is 13.0 Å². The third-order valence-electron chi connectivity index (χ3n) is 4.47. The number of hydrogen-bond donors (Lipinski definition) is 6. The fraction of sp³-hybridized carbons (Fsp3) is 0.500. The summed E-state index contributed by atoms with van der Waals surface area (Å²) in [4.78, 5) is 23.1. The minimum Gasteiger partial charge on any atom is -0.504 e. The van der Waals surface area contributed by atoms with Crippen molar-refractivity contribution in [2.24, 2.45) is 0 Å². The van der Waals surface area contributed by atoms with Gasteiger partial charge in [0.15, 0.2) is 17.8 Å². The Morgan fingerprint density at radius 1 is 1.06 bits per heavy atom. The van der Waals surface area contributed by atoms with Crippen LogP contribution in [0.2, 0.25) is 0 Å². The van der Waals surface area contributed by atoms with Crippen molar-refractivity contribution in [3.8, 4) is 11.5 Å². The smallest absolute Gasteiger partial charge is 0.330 e. The third-order valence-corrected chi connectivity index (χ3v) is 4.47. The van der Waals surface area contributed by atoms with Gasteiger partial charge in [-0.2, -0.15) is 0 Å². The Bertz CT molecular complexity index is 808. The molecule has 0 radical (unpaired) electrons. The van der Waals surface area contributed by atoms with E-state index in [1.807, 2.05) is 0 Å². The summed E-state index contributed by atoms with van der Waals surface area (Å²) in [5, 5.41) is 57.7. The Morgan fingerprint density at radius 3 is 2.38 bits per heavy atom. The molecule has 32 heavy (non-hydrogen) atoms. The lowest BCUT2D eigenvalue weighted by molar-refractivity contribution is -0.315. The van der Waals surface area contributed by atoms with Crippen LogP contribution in [-0.4, -0.2) is 99.2 Å². The molecule has 0 spiro atoms. The molecule has 0 saturated carbocycles. The number of aromatic hydroxyl groups is 2. The average Bonchev–Trinajstić information content (AvgIpc) is 2.76. The van der Waals surface area contributed by atoms with Crippen LogP contribution in [0.5, 0.6) is 11.5 Å². The van der Waals surface area contributed by atoms with E-state index in [1.54, 1.807) is 0 Å². The second kappa shape index (κ2) is 11.8. The molecule has 0 unspecified atom stereocenters. The summed E-state index contributed by atoms with van der Waals surface area (Å²) < 4.78 is 20.6. The summed E-state index contributed by atoms with van der Waals surface area (Å²) in [6.07, 6.45) is -6.42. The molecule has 12 heteroatoms. The van der Waals surface area contributed by atoms with Gasteiger partial charge in [-0.05, 0) is 23.8 Å². The molecule has 12 nitrogen and oxygen atoms in total. The van der Waals surface area contributed by atoms with Crippen LogP contribution < -0.4 is 0 Å². The van der Waals surface area contributed by atoms with Gasteiger partial charge in [0.25, 0.3) is 0 Å². The highest BCUT2D eigenvalue weighted by molar-refractivity contribution is 5.87. The first-order valence-corrected chi connectivity index (χ1v) is 9.58. The highest BCUT2D eigenvalue weighted by atomic mass is 16.7. The van der Waals surface area contributed by atoms with Crippen molar-refractivity contribution in [1.82, 2.24) is 0 Å². The zero-order valence-electron chi connectivity index (χ0n) is 17.1. The maximum Gasteiger partial charge on any atom is 0.330 e. The number of hydrogen-bond acceptors (Lipinski definition) is 12. The Morgan fingerprint density at radius 2 is 1.75 bits per heavy atom. The van der Waals surface area contributed by atoms with E-state index in [0.29, 0.717) is 5.56 Å². The summed E-state index contributed by atoms with van der Waals surface area (Å²) in [6, 6.07) is 3.92. The largest absolute Gasteiger partial charge is 0.504 e. The fourth-order valence-corrected chi connectivity index (χ4v) is 2.74. The number of phenols is 2. The van der Waals surface area contributed by atoms with Crippen LogP contribution in [0.1, 0.15) is 12.5 Å². The van der Waals surface area contributed by atoms with Crippen molar-refractivity contribution in [1.29, 1.82) is 0 Å². The van der Waals surface area contributed by atoms with Gasteiger partial charge >= 0.3 is 11.9 Å². The number of phenolic OH excluding ortho intramolecular Hbond substituents is 2. The molecule has 1 aliphatic heterocycles. The van der Waals surface area contributed by atoms with E-state index < -0.39 is 62.0 Å². The minimum absolute atomic E-state index is 0.316. The minimum atomic E-state index is -1.69. The van der Waals surface area contributed by atoms with Gasteiger partial charge < -0.3 is 49.6 Å². The number of aliphatic hydroxyl groups excluding tert-OH is 4. The van der Waals surface area contributed by atoms with Crippen LogP contribution in [0.15, 0.2) is 24.3 Å². The molecule has 1 aromatic carbocycles. The molecule has 0 aromatic heterocycles. The normalized spacial score (nSPS) is 26.6. The first-order valence-electron chi connectivity index (χ1n) is 9.58. The van der Waals surface area contributed by atoms with E-state index >= 15 is 0 Å². The quantitative estimate of drug-likeness (QED) is 0.141. The summed E-state index contributed by atoms with van der Waals surface area (Å²) in [7, 11) is 0. The third kappa shape index (κ3) is 7.15. The average molecular weight is 458 g/mol. The van der Waals surface area contributed by atoms with Gasteiger partial charge in [-0.3, -0.25) is 4.79 Å². The standard InChI is InChI=1S/C20H26O12/c1-10(22)29-8-12(31-20-19(28)18(27)17(26)15(7-21)32-20)9-30-16(25)5-3-11-2-4-13(23)14(24)6-11/h2-6,12,15,17-21,23-24,26-28H,7-9H2,1H3/t12-,15-,17-,18-,19+,20-/m1/s1. The SMILES string of the molecule is CC(=O)OC[C@H](COC(=O)C=Cc1ccc(O)c(O)c1)O[C@@H]1O[C@H](CO)[C@@H](O)[C@@H](O)[C@@H]1O. The number of ether oxygens (including phenoxy) is 4. The molecule has 1 heterocycles. The monoisotopic (exact) mass is 458 g/mol. The molecular formula is C20H26O12. The van der Waals surface area contributed by atoms with Crippen LogP contribution in [0.4, 0.5) is 0 Å². The fourth-order valence-electron chi connectivity index (χ4n) is 2.74. The number of aliphatic hydroxyl groups is 4. The number of rotatable bonds is 9. The second-order valence-corrected chi connectivity index (χ2v) is 6.97. The molecule has 178 valence electrons. The van der Waals surface area contributed by atoms with Crippen LogP contribution in [0.3, 0.4) is 0 Å². The van der Waals surface area contributed by atoms with Gasteiger partial charge in [-0.1, -0.05) is 6.07 Å². The van der Waals surface area contributed by atoms with Gasteiger partial charge in [0.1, 0.15) is 43.7 Å². The van der Waals surface area contributed by atoms with Crippen molar-refractivity contribution in [3.05, 3.63) is 29.8 Å². The lowest BCUT2D eigenvalue weighted by Crippen LogP contribution is -2.60. The molecule has 6 atom stereocenters. The molecule has 1 aromatic rings. The lowest BCUT2D eigenvalue weighted by Gasteiger charge is -2.40. The van der Waals surface area contributed by atoms with E-state index in [2.05, 4.69) is 0 Å². The van der Waals surface area contributed by atoms with E-state index in [9.17, 15) is 40.2 Å². The van der Waals surface area contributed by atoms with E-state index in [1.165, 1.54) is 24.3 Å². The highest BCUT2D eigenvalue weighted by Gasteiger charge is 2.45. The van der Waals surface area contributed by atoms with E-state index in [4.69, 9.17) is 18.9 Å². The maximum atomic E-state index is 12.0. The molecule has 0 bridgehead atoms. The Hall–Kier alpha value is -2.74. The van der Waals surface area contributed by atoms with Crippen LogP contribution in [-0.2, 0) is 28.5 Å². The van der Waals surface area contributed by atoms with Crippen molar-refractivity contribution >= 4 is 18.0 Å². The Labute approximate surface area is 182 Å². The Kier molecular flexibility index (Phi) is 9.38. The number of carbonyl (C=O) groups excluding carboxylic acids is 2. The van der Waals surface area contributed by atoms with Crippen molar-refractivity contribution < 1.29 is 59.2 Å². The summed E-state index contributed by atoms with van der Waals surface area (Å²) in [5.41, 5.74) is 0.409. The first kappa shape index (κ1) is 25.5. The first-order chi connectivity index (χ1) is 15.1. The molecular weight excluding hydrogens is 432 g/mol. The summed E-state index contributed by atoms with van der Waals surface area (Å²) >= 11 is 0. The van der Waals surface area contributed by atoms with Crippen molar-refractivity contribution in [2.75, 3.05) is 19.8 Å². The highest BCUT2D eigenvalue weighted by Crippen LogP contribution is 2.25.